The lowest BCUT2D eigenvalue weighted by molar-refractivity contribution is 0.0322. The molecule has 1 fully saturated rings. The predicted molar refractivity (Wildman–Crippen MR) is 125 cm³/mol. The van der Waals surface area contributed by atoms with Gasteiger partial charge in [-0.25, -0.2) is 0 Å². The predicted octanol–water partition coefficient (Wildman–Crippen LogP) is 2.67. The third-order valence-electron chi connectivity index (χ3n) is 5.26. The molecule has 0 radical (unpaired) electrons. The summed E-state index contributed by atoms with van der Waals surface area (Å²) < 4.78 is 22.6. The number of rotatable bonds is 13. The van der Waals surface area contributed by atoms with E-state index in [2.05, 4.69) is 21.9 Å². The molecule has 0 unspecified atom stereocenters. The number of aliphatic hydroxyl groups is 1. The normalized spacial score (nSPS) is 15.5. The van der Waals surface area contributed by atoms with E-state index in [0.29, 0.717) is 31.3 Å². The average molecular weight is 445 g/mol. The van der Waals surface area contributed by atoms with Gasteiger partial charge in [0, 0.05) is 32.7 Å². The van der Waals surface area contributed by atoms with Crippen LogP contribution >= 0.6 is 0 Å². The van der Waals surface area contributed by atoms with E-state index in [9.17, 15) is 5.11 Å². The zero-order chi connectivity index (χ0) is 22.6. The SMILES string of the molecule is CCOc1ccccc1OC[C@H](O)CN(C)Cc1ccc(OCCN2CCOCC2)cc1. The molecule has 0 saturated carbocycles. The van der Waals surface area contributed by atoms with Crippen LogP contribution in [0.3, 0.4) is 0 Å². The number of aliphatic hydroxyl groups excluding tert-OH is 1. The van der Waals surface area contributed by atoms with Gasteiger partial charge >= 0.3 is 0 Å². The van der Waals surface area contributed by atoms with Gasteiger partial charge in [0.05, 0.1) is 19.8 Å². The first kappa shape index (κ1) is 24.3. The summed E-state index contributed by atoms with van der Waals surface area (Å²) in [5, 5.41) is 10.4. The first-order chi connectivity index (χ1) is 15.6. The molecule has 0 aliphatic carbocycles. The van der Waals surface area contributed by atoms with E-state index >= 15 is 0 Å². The minimum Gasteiger partial charge on any atom is -0.492 e. The van der Waals surface area contributed by atoms with Crippen LogP contribution in [-0.2, 0) is 11.3 Å². The first-order valence-electron chi connectivity index (χ1n) is 11.4. The average Bonchev–Trinajstić information content (AvgIpc) is 2.80. The van der Waals surface area contributed by atoms with Crippen molar-refractivity contribution in [3.8, 4) is 17.2 Å². The minimum absolute atomic E-state index is 0.213. The van der Waals surface area contributed by atoms with Crippen LogP contribution in [0.1, 0.15) is 12.5 Å². The Labute approximate surface area is 191 Å². The maximum Gasteiger partial charge on any atom is 0.161 e. The molecule has 0 aromatic heterocycles. The maximum atomic E-state index is 10.4. The highest BCUT2D eigenvalue weighted by Gasteiger charge is 2.12. The van der Waals surface area contributed by atoms with Gasteiger partial charge in [0.2, 0.25) is 0 Å². The van der Waals surface area contributed by atoms with Gasteiger partial charge in [-0.2, -0.15) is 0 Å². The van der Waals surface area contributed by atoms with Crippen LogP contribution in [-0.4, -0.2) is 87.3 Å². The van der Waals surface area contributed by atoms with Crippen molar-refractivity contribution >= 4 is 0 Å². The molecule has 0 spiro atoms. The van der Waals surface area contributed by atoms with Crippen molar-refractivity contribution in [1.82, 2.24) is 9.80 Å². The standard InChI is InChI=1S/C25H36N2O5/c1-3-30-24-6-4-5-7-25(24)32-20-22(28)19-26(2)18-21-8-10-23(11-9-21)31-17-14-27-12-15-29-16-13-27/h4-11,22,28H,3,12-20H2,1-2H3/t22-/m1/s1. The molecule has 0 amide bonds. The van der Waals surface area contributed by atoms with Crippen molar-refractivity contribution in [2.75, 3.05) is 66.3 Å². The molecule has 1 aliphatic rings. The van der Waals surface area contributed by atoms with E-state index in [4.69, 9.17) is 18.9 Å². The number of nitrogens with zero attached hydrogens (tertiary/aromatic N) is 2. The van der Waals surface area contributed by atoms with Gasteiger partial charge in [0.1, 0.15) is 25.1 Å². The molecule has 176 valence electrons. The lowest BCUT2D eigenvalue weighted by Crippen LogP contribution is -2.38. The van der Waals surface area contributed by atoms with Crippen LogP contribution in [0.2, 0.25) is 0 Å². The van der Waals surface area contributed by atoms with E-state index < -0.39 is 6.10 Å². The second-order valence-corrected chi connectivity index (χ2v) is 7.99. The molecule has 1 aliphatic heterocycles. The molecule has 1 N–H and O–H groups in total. The van der Waals surface area contributed by atoms with Crippen LogP contribution in [0, 0.1) is 0 Å². The third-order valence-corrected chi connectivity index (χ3v) is 5.26. The summed E-state index contributed by atoms with van der Waals surface area (Å²) in [5.41, 5.74) is 1.17. The first-order valence-corrected chi connectivity index (χ1v) is 11.4. The Kier molecular flexibility index (Phi) is 10.1. The van der Waals surface area contributed by atoms with Gasteiger partial charge in [0.25, 0.3) is 0 Å². The smallest absolute Gasteiger partial charge is 0.161 e. The van der Waals surface area contributed by atoms with E-state index in [-0.39, 0.29) is 6.61 Å². The zero-order valence-electron chi connectivity index (χ0n) is 19.2. The lowest BCUT2D eigenvalue weighted by atomic mass is 10.2. The molecule has 2 aromatic carbocycles. The van der Waals surface area contributed by atoms with Crippen LogP contribution < -0.4 is 14.2 Å². The summed E-state index contributed by atoms with van der Waals surface area (Å²) in [6.07, 6.45) is -0.600. The number of benzene rings is 2. The molecule has 1 saturated heterocycles. The Morgan fingerprint density at radius 2 is 1.69 bits per heavy atom. The Hall–Kier alpha value is -2.32. The van der Waals surface area contributed by atoms with Crippen molar-refractivity contribution in [3.05, 3.63) is 54.1 Å². The molecule has 3 rings (SSSR count). The van der Waals surface area contributed by atoms with Gasteiger partial charge in [-0.15, -0.1) is 0 Å². The van der Waals surface area contributed by atoms with Crippen molar-refractivity contribution in [1.29, 1.82) is 0 Å². The fourth-order valence-electron chi connectivity index (χ4n) is 3.63. The zero-order valence-corrected chi connectivity index (χ0v) is 19.2. The third kappa shape index (κ3) is 8.31. The van der Waals surface area contributed by atoms with Crippen LogP contribution in [0.5, 0.6) is 17.2 Å². The van der Waals surface area contributed by atoms with Gasteiger partial charge in [-0.3, -0.25) is 9.80 Å². The molecule has 7 heteroatoms. The Balaban J connectivity index is 1.36. The second-order valence-electron chi connectivity index (χ2n) is 7.99. The van der Waals surface area contributed by atoms with Gasteiger partial charge in [0.15, 0.2) is 11.5 Å². The van der Waals surface area contributed by atoms with Gasteiger partial charge in [-0.1, -0.05) is 24.3 Å². The number of likely N-dealkylation sites (N-methyl/N-ethyl adjacent to an activating group) is 1. The summed E-state index contributed by atoms with van der Waals surface area (Å²) in [7, 11) is 1.99. The number of hydrogen-bond donors (Lipinski definition) is 1. The quantitative estimate of drug-likeness (QED) is 0.510. The molecule has 1 heterocycles. The van der Waals surface area contributed by atoms with E-state index in [1.807, 2.05) is 50.4 Å². The van der Waals surface area contributed by atoms with Crippen molar-refractivity contribution < 1.29 is 24.1 Å². The van der Waals surface area contributed by atoms with Crippen molar-refractivity contribution in [3.63, 3.8) is 0 Å². The number of morpholine rings is 1. The van der Waals surface area contributed by atoms with Crippen molar-refractivity contribution in [2.45, 2.75) is 19.6 Å². The Morgan fingerprint density at radius 1 is 1.00 bits per heavy atom. The second kappa shape index (κ2) is 13.3. The summed E-state index contributed by atoms with van der Waals surface area (Å²) in [6, 6.07) is 15.7. The Bertz CT molecular complexity index is 780. The van der Waals surface area contributed by atoms with Gasteiger partial charge in [-0.05, 0) is 43.8 Å². The van der Waals surface area contributed by atoms with E-state index in [1.54, 1.807) is 0 Å². The number of ether oxygens (including phenoxy) is 4. The fraction of sp³-hybridized carbons (Fsp3) is 0.520. The van der Waals surface area contributed by atoms with Crippen molar-refractivity contribution in [2.24, 2.45) is 0 Å². The lowest BCUT2D eigenvalue weighted by Gasteiger charge is -2.26. The maximum absolute atomic E-state index is 10.4. The molecule has 0 bridgehead atoms. The summed E-state index contributed by atoms with van der Waals surface area (Å²) in [4.78, 5) is 4.44. The van der Waals surface area contributed by atoms with E-state index in [1.165, 1.54) is 5.56 Å². The summed E-state index contributed by atoms with van der Waals surface area (Å²) in [5.74, 6) is 2.23. The molecule has 1 atom stereocenters. The van der Waals surface area contributed by atoms with Crippen LogP contribution in [0.4, 0.5) is 0 Å². The summed E-state index contributed by atoms with van der Waals surface area (Å²) >= 11 is 0. The monoisotopic (exact) mass is 444 g/mol. The molecule has 2 aromatic rings. The highest BCUT2D eigenvalue weighted by Crippen LogP contribution is 2.26. The van der Waals surface area contributed by atoms with E-state index in [0.717, 1.165) is 45.1 Å². The number of para-hydroxylation sites is 2. The summed E-state index contributed by atoms with van der Waals surface area (Å²) in [6.45, 7) is 9.14. The molecular weight excluding hydrogens is 408 g/mol. The van der Waals surface area contributed by atoms with Gasteiger partial charge < -0.3 is 24.1 Å². The highest BCUT2D eigenvalue weighted by molar-refractivity contribution is 5.39. The Morgan fingerprint density at radius 3 is 2.38 bits per heavy atom. The van der Waals surface area contributed by atoms with Crippen LogP contribution in [0.15, 0.2) is 48.5 Å². The fourth-order valence-corrected chi connectivity index (χ4v) is 3.63. The largest absolute Gasteiger partial charge is 0.492 e. The van der Waals surface area contributed by atoms with Crippen LogP contribution in [0.25, 0.3) is 0 Å². The minimum atomic E-state index is -0.600. The molecule has 7 nitrogen and oxygen atoms in total. The topological polar surface area (TPSA) is 63.6 Å². The molecule has 32 heavy (non-hydrogen) atoms. The highest BCUT2D eigenvalue weighted by atomic mass is 16.5. The molecular formula is C25H36N2O5. The number of hydrogen-bond acceptors (Lipinski definition) is 7.